The highest BCUT2D eigenvalue weighted by molar-refractivity contribution is 7.89. The van der Waals surface area contributed by atoms with E-state index in [4.69, 9.17) is 0 Å². The van der Waals surface area contributed by atoms with Crippen LogP contribution in [0.5, 0.6) is 0 Å². The van der Waals surface area contributed by atoms with Crippen molar-refractivity contribution in [2.45, 2.75) is 26.3 Å². The first kappa shape index (κ1) is 14.2. The Morgan fingerprint density at radius 2 is 2.14 bits per heavy atom. The lowest BCUT2D eigenvalue weighted by Gasteiger charge is -2.30. The summed E-state index contributed by atoms with van der Waals surface area (Å²) in [5, 5.41) is 3.22. The highest BCUT2D eigenvalue weighted by Crippen LogP contribution is 2.07. The summed E-state index contributed by atoms with van der Waals surface area (Å²) in [5.74, 6) is 0.277. The van der Waals surface area contributed by atoms with Gasteiger partial charge < -0.3 is 5.32 Å². The number of piperazine rings is 1. The molecule has 1 atom stereocenters. The minimum Gasteiger partial charge on any atom is -0.312 e. The normalized spacial score (nSPS) is 24.3. The van der Waals surface area contributed by atoms with Crippen molar-refractivity contribution in [3.8, 4) is 0 Å². The molecule has 1 saturated heterocycles. The van der Waals surface area contributed by atoms with Crippen molar-refractivity contribution in [3.63, 3.8) is 0 Å². The fraction of sp³-hybridized carbons (Fsp3) is 1.00. The predicted molar refractivity (Wildman–Crippen MR) is 60.4 cm³/mol. The molecule has 0 aromatic heterocycles. The Kier molecular flexibility index (Phi) is 5.97. The van der Waals surface area contributed by atoms with Crippen LogP contribution in [0.3, 0.4) is 0 Å². The monoisotopic (exact) mass is 242 g/mol. The lowest BCUT2D eigenvalue weighted by molar-refractivity contribution is 0.310. The number of halogens is 1. The molecule has 86 valence electrons. The zero-order chi connectivity index (χ0) is 9.90. The molecule has 0 saturated carbocycles. The third-order valence-corrected chi connectivity index (χ3v) is 4.23. The second-order valence-corrected chi connectivity index (χ2v) is 5.62. The fourth-order valence-corrected chi connectivity index (χ4v) is 3.13. The minimum absolute atomic E-state index is 0. The van der Waals surface area contributed by atoms with Gasteiger partial charge >= 0.3 is 0 Å². The average molecular weight is 243 g/mol. The van der Waals surface area contributed by atoms with Crippen LogP contribution in [0.1, 0.15) is 20.3 Å². The summed E-state index contributed by atoms with van der Waals surface area (Å²) in [5.41, 5.74) is 0. The summed E-state index contributed by atoms with van der Waals surface area (Å²) in [6, 6.07) is 0.278. The molecule has 0 amide bonds. The Balaban J connectivity index is 0.00000169. The molecule has 0 unspecified atom stereocenters. The highest BCUT2D eigenvalue weighted by atomic mass is 35.5. The summed E-state index contributed by atoms with van der Waals surface area (Å²) in [6.07, 6.45) is 0.695. The molecule has 1 aliphatic heterocycles. The van der Waals surface area contributed by atoms with Gasteiger partial charge in [0.2, 0.25) is 10.0 Å². The van der Waals surface area contributed by atoms with Crippen LogP contribution in [-0.4, -0.2) is 44.2 Å². The topological polar surface area (TPSA) is 49.4 Å². The Hall–Kier alpha value is 0.160. The molecule has 1 aliphatic rings. The van der Waals surface area contributed by atoms with Gasteiger partial charge in [0, 0.05) is 25.7 Å². The molecule has 0 aromatic carbocycles. The number of nitrogens with zero attached hydrogens (tertiary/aromatic N) is 1. The highest BCUT2D eigenvalue weighted by Gasteiger charge is 2.25. The van der Waals surface area contributed by atoms with Crippen molar-refractivity contribution in [2.75, 3.05) is 25.4 Å². The van der Waals surface area contributed by atoms with Crippen molar-refractivity contribution in [3.05, 3.63) is 0 Å². The Labute approximate surface area is 92.5 Å². The largest absolute Gasteiger partial charge is 0.312 e. The van der Waals surface area contributed by atoms with Gasteiger partial charge in [0.05, 0.1) is 5.75 Å². The Morgan fingerprint density at radius 1 is 1.50 bits per heavy atom. The first-order chi connectivity index (χ1) is 6.06. The summed E-state index contributed by atoms with van der Waals surface area (Å²) in [6.45, 7) is 5.90. The Morgan fingerprint density at radius 3 is 2.64 bits per heavy atom. The van der Waals surface area contributed by atoms with E-state index < -0.39 is 10.0 Å². The average Bonchev–Trinajstić information content (AvgIpc) is 2.04. The molecule has 6 heteroatoms. The van der Waals surface area contributed by atoms with Crippen LogP contribution in [0.4, 0.5) is 0 Å². The zero-order valence-corrected chi connectivity index (χ0v) is 10.3. The maximum Gasteiger partial charge on any atom is 0.214 e. The quantitative estimate of drug-likeness (QED) is 0.782. The summed E-state index contributed by atoms with van der Waals surface area (Å²) in [4.78, 5) is 0. The number of hydrogen-bond acceptors (Lipinski definition) is 3. The van der Waals surface area contributed by atoms with Crippen molar-refractivity contribution in [2.24, 2.45) is 0 Å². The van der Waals surface area contributed by atoms with Crippen LogP contribution in [0, 0.1) is 0 Å². The molecule has 14 heavy (non-hydrogen) atoms. The van der Waals surface area contributed by atoms with Gasteiger partial charge in [0.15, 0.2) is 0 Å². The van der Waals surface area contributed by atoms with Crippen LogP contribution < -0.4 is 5.32 Å². The van der Waals surface area contributed by atoms with E-state index in [1.165, 1.54) is 0 Å². The van der Waals surface area contributed by atoms with Gasteiger partial charge in [-0.3, -0.25) is 0 Å². The van der Waals surface area contributed by atoms with Gasteiger partial charge in [-0.15, -0.1) is 12.4 Å². The molecule has 0 aromatic rings. The molecule has 1 N–H and O–H groups in total. The van der Waals surface area contributed by atoms with Crippen LogP contribution in [0.15, 0.2) is 0 Å². The Bertz CT molecular complexity index is 256. The molecule has 1 heterocycles. The molecule has 1 rings (SSSR count). The van der Waals surface area contributed by atoms with E-state index in [-0.39, 0.29) is 24.2 Å². The molecule has 4 nitrogen and oxygen atoms in total. The van der Waals surface area contributed by atoms with E-state index in [9.17, 15) is 8.42 Å². The van der Waals surface area contributed by atoms with Gasteiger partial charge in [-0.2, -0.15) is 4.31 Å². The standard InChI is InChI=1S/C8H18N2O2S.ClH/c1-3-6-13(11,12)10-5-4-9-8(2)7-10;/h8-9H,3-7H2,1-2H3;1H/t8-;/m1./s1. The maximum absolute atomic E-state index is 11.6. The van der Waals surface area contributed by atoms with E-state index in [0.717, 1.165) is 6.54 Å². The van der Waals surface area contributed by atoms with E-state index >= 15 is 0 Å². The summed E-state index contributed by atoms with van der Waals surface area (Å²) >= 11 is 0. The first-order valence-electron chi connectivity index (χ1n) is 4.77. The van der Waals surface area contributed by atoms with E-state index in [1.807, 2.05) is 13.8 Å². The lowest BCUT2D eigenvalue weighted by Crippen LogP contribution is -2.51. The number of hydrogen-bond donors (Lipinski definition) is 1. The first-order valence-corrected chi connectivity index (χ1v) is 6.38. The minimum atomic E-state index is -2.97. The van der Waals surface area contributed by atoms with Gasteiger partial charge in [0.1, 0.15) is 0 Å². The van der Waals surface area contributed by atoms with Crippen molar-refractivity contribution in [1.29, 1.82) is 0 Å². The van der Waals surface area contributed by atoms with Gasteiger partial charge in [-0.25, -0.2) is 8.42 Å². The summed E-state index contributed by atoms with van der Waals surface area (Å²) < 4.78 is 24.9. The molecule has 1 fully saturated rings. The molecular weight excluding hydrogens is 224 g/mol. The smallest absolute Gasteiger partial charge is 0.214 e. The molecular formula is C8H19ClN2O2S. The van der Waals surface area contributed by atoms with Crippen molar-refractivity contribution in [1.82, 2.24) is 9.62 Å². The number of sulfonamides is 1. The van der Waals surface area contributed by atoms with Gasteiger partial charge in [-0.05, 0) is 13.3 Å². The van der Waals surface area contributed by atoms with Crippen molar-refractivity contribution >= 4 is 22.4 Å². The summed E-state index contributed by atoms with van der Waals surface area (Å²) in [7, 11) is -2.97. The van der Waals surface area contributed by atoms with Crippen LogP contribution >= 0.6 is 12.4 Å². The predicted octanol–water partition coefficient (Wildman–Crippen LogP) is 0.442. The third kappa shape index (κ3) is 3.73. The number of nitrogens with one attached hydrogen (secondary N) is 1. The maximum atomic E-state index is 11.6. The molecule has 0 radical (unpaired) electrons. The lowest BCUT2D eigenvalue weighted by atomic mass is 10.3. The second-order valence-electron chi connectivity index (χ2n) is 3.53. The van der Waals surface area contributed by atoms with Gasteiger partial charge in [0.25, 0.3) is 0 Å². The van der Waals surface area contributed by atoms with Crippen LogP contribution in [-0.2, 0) is 10.0 Å². The molecule has 0 bridgehead atoms. The van der Waals surface area contributed by atoms with Crippen molar-refractivity contribution < 1.29 is 8.42 Å². The molecule has 0 spiro atoms. The zero-order valence-electron chi connectivity index (χ0n) is 8.69. The van der Waals surface area contributed by atoms with E-state index in [2.05, 4.69) is 5.32 Å². The SMILES string of the molecule is CCCS(=O)(=O)N1CCN[C@H](C)C1.Cl. The van der Waals surface area contributed by atoms with Crippen LogP contribution in [0.2, 0.25) is 0 Å². The van der Waals surface area contributed by atoms with Gasteiger partial charge in [-0.1, -0.05) is 6.92 Å². The third-order valence-electron chi connectivity index (χ3n) is 2.19. The fourth-order valence-electron chi connectivity index (χ4n) is 1.54. The van der Waals surface area contributed by atoms with E-state index in [1.54, 1.807) is 4.31 Å². The van der Waals surface area contributed by atoms with E-state index in [0.29, 0.717) is 19.5 Å². The number of rotatable bonds is 3. The molecule has 0 aliphatic carbocycles. The second kappa shape index (κ2) is 5.90. The van der Waals surface area contributed by atoms with Crippen LogP contribution in [0.25, 0.3) is 0 Å².